The number of ether oxygens (including phenoxy) is 2. The van der Waals surface area contributed by atoms with Crippen LogP contribution in [0.25, 0.3) is 17.1 Å². The number of hydrogen-bond donors (Lipinski definition) is 0. The second-order valence-electron chi connectivity index (χ2n) is 5.70. The molecule has 0 fully saturated rings. The number of carbonyl (C=O) groups is 1. The largest absolute Gasteiger partial charge is 0.497 e. The maximum absolute atomic E-state index is 12.2. The Kier molecular flexibility index (Phi) is 4.79. The predicted octanol–water partition coefficient (Wildman–Crippen LogP) is 2.68. The molecule has 0 spiro atoms. The maximum Gasteiger partial charge on any atom is 0.338 e. The highest BCUT2D eigenvalue weighted by Crippen LogP contribution is 2.20. The van der Waals surface area contributed by atoms with E-state index in [0.717, 1.165) is 17.0 Å². The quantitative estimate of drug-likeness (QED) is 0.472. The molecule has 0 unspecified atom stereocenters. The lowest BCUT2D eigenvalue weighted by molar-refractivity contribution is 0.0430. The summed E-state index contributed by atoms with van der Waals surface area (Å²) in [6, 6.07) is 14.0. The van der Waals surface area contributed by atoms with E-state index in [9.17, 15) is 4.79 Å². The van der Waals surface area contributed by atoms with Crippen LogP contribution in [-0.2, 0) is 11.3 Å². The normalized spacial score (nSPS) is 10.6. The van der Waals surface area contributed by atoms with Crippen molar-refractivity contribution in [1.29, 1.82) is 0 Å². The molecule has 9 heteroatoms. The first-order valence-electron chi connectivity index (χ1n) is 8.32. The average molecular weight is 377 g/mol. The monoisotopic (exact) mass is 377 g/mol. The molecule has 2 aromatic heterocycles. The molecule has 0 N–H and O–H groups in total. The van der Waals surface area contributed by atoms with Crippen molar-refractivity contribution in [3.63, 3.8) is 0 Å². The summed E-state index contributed by atoms with van der Waals surface area (Å²) in [6.07, 6.45) is 3.01. The number of rotatable bonds is 6. The molecule has 0 aliphatic rings. The fraction of sp³-hybridized carbons (Fsp3) is 0.105. The average Bonchev–Trinajstić information content (AvgIpc) is 3.44. The number of benzene rings is 2. The third kappa shape index (κ3) is 3.73. The van der Waals surface area contributed by atoms with Gasteiger partial charge < -0.3 is 14.0 Å². The zero-order valence-electron chi connectivity index (χ0n) is 14.8. The van der Waals surface area contributed by atoms with Crippen molar-refractivity contribution >= 4 is 5.97 Å². The van der Waals surface area contributed by atoms with E-state index in [4.69, 9.17) is 14.0 Å². The predicted molar refractivity (Wildman–Crippen MR) is 96.8 cm³/mol. The molecule has 0 bridgehead atoms. The van der Waals surface area contributed by atoms with Gasteiger partial charge in [-0.3, -0.25) is 0 Å². The van der Waals surface area contributed by atoms with Crippen molar-refractivity contribution in [2.45, 2.75) is 6.61 Å². The first-order valence-corrected chi connectivity index (χ1v) is 8.32. The van der Waals surface area contributed by atoms with Gasteiger partial charge in [-0.05, 0) is 48.5 Å². The Labute approximate surface area is 159 Å². The van der Waals surface area contributed by atoms with E-state index >= 15 is 0 Å². The summed E-state index contributed by atoms with van der Waals surface area (Å²) < 4.78 is 17.1. The molecule has 140 valence electrons. The Morgan fingerprint density at radius 3 is 2.57 bits per heavy atom. The third-order valence-electron chi connectivity index (χ3n) is 3.93. The standard InChI is InChI=1S/C19H15N5O4/c1-26-16-8-4-13(5-9-16)18-22-17(28-23-18)10-27-19(25)14-2-6-15(7-3-14)24-12-20-11-21-24/h2-9,11-12H,10H2,1H3. The zero-order valence-corrected chi connectivity index (χ0v) is 14.8. The van der Waals surface area contributed by atoms with E-state index in [1.807, 2.05) is 12.1 Å². The summed E-state index contributed by atoms with van der Waals surface area (Å²) in [4.78, 5) is 20.3. The Bertz CT molecular complexity index is 1060. The third-order valence-corrected chi connectivity index (χ3v) is 3.93. The van der Waals surface area contributed by atoms with Crippen LogP contribution in [0, 0.1) is 0 Å². The molecular formula is C19H15N5O4. The van der Waals surface area contributed by atoms with E-state index in [-0.39, 0.29) is 12.5 Å². The Morgan fingerprint density at radius 1 is 1.11 bits per heavy atom. The van der Waals surface area contributed by atoms with E-state index in [0.29, 0.717) is 11.4 Å². The van der Waals surface area contributed by atoms with Gasteiger partial charge in [0.2, 0.25) is 5.82 Å². The lowest BCUT2D eigenvalue weighted by Crippen LogP contribution is -2.06. The molecule has 0 aliphatic heterocycles. The second kappa shape index (κ2) is 7.70. The number of methoxy groups -OCH3 is 1. The van der Waals surface area contributed by atoms with Crippen LogP contribution < -0.4 is 4.74 Å². The summed E-state index contributed by atoms with van der Waals surface area (Å²) in [5.74, 6) is 0.856. The van der Waals surface area contributed by atoms with Crippen molar-refractivity contribution in [3.8, 4) is 22.8 Å². The van der Waals surface area contributed by atoms with Crippen molar-refractivity contribution in [3.05, 3.63) is 72.6 Å². The van der Waals surface area contributed by atoms with Gasteiger partial charge in [-0.2, -0.15) is 10.1 Å². The summed E-state index contributed by atoms with van der Waals surface area (Å²) >= 11 is 0. The number of carbonyl (C=O) groups excluding carboxylic acids is 1. The summed E-state index contributed by atoms with van der Waals surface area (Å²) in [5, 5.41) is 7.93. The molecule has 0 saturated heterocycles. The minimum Gasteiger partial charge on any atom is -0.497 e. The molecule has 4 aromatic rings. The van der Waals surface area contributed by atoms with Gasteiger partial charge in [0.25, 0.3) is 5.89 Å². The van der Waals surface area contributed by atoms with Gasteiger partial charge in [-0.1, -0.05) is 5.16 Å². The molecule has 0 amide bonds. The molecule has 0 aliphatic carbocycles. The zero-order chi connectivity index (χ0) is 19.3. The van der Waals surface area contributed by atoms with Crippen LogP contribution in [0.1, 0.15) is 16.2 Å². The van der Waals surface area contributed by atoms with Crippen LogP contribution in [-0.4, -0.2) is 38.0 Å². The molecule has 4 rings (SSSR count). The highest BCUT2D eigenvalue weighted by atomic mass is 16.6. The van der Waals surface area contributed by atoms with E-state index in [2.05, 4.69) is 20.2 Å². The minimum absolute atomic E-state index is 0.118. The van der Waals surface area contributed by atoms with Crippen LogP contribution >= 0.6 is 0 Å². The van der Waals surface area contributed by atoms with Crippen LogP contribution in [0.2, 0.25) is 0 Å². The fourth-order valence-electron chi connectivity index (χ4n) is 2.47. The number of aromatic nitrogens is 5. The highest BCUT2D eigenvalue weighted by Gasteiger charge is 2.13. The summed E-state index contributed by atoms with van der Waals surface area (Å²) in [6.45, 7) is -0.118. The van der Waals surface area contributed by atoms with Crippen molar-refractivity contribution in [2.24, 2.45) is 0 Å². The number of nitrogens with zero attached hydrogens (tertiary/aromatic N) is 5. The van der Waals surface area contributed by atoms with Crippen LogP contribution in [0.5, 0.6) is 5.75 Å². The number of esters is 1. The van der Waals surface area contributed by atoms with E-state index in [1.165, 1.54) is 6.33 Å². The Morgan fingerprint density at radius 2 is 1.89 bits per heavy atom. The van der Waals surface area contributed by atoms with Gasteiger partial charge in [0.05, 0.1) is 18.4 Å². The van der Waals surface area contributed by atoms with Gasteiger partial charge in [-0.25, -0.2) is 14.5 Å². The Balaban J connectivity index is 1.37. The van der Waals surface area contributed by atoms with Gasteiger partial charge in [0, 0.05) is 5.56 Å². The molecule has 2 heterocycles. The number of hydrogen-bond acceptors (Lipinski definition) is 8. The molecule has 9 nitrogen and oxygen atoms in total. The van der Waals surface area contributed by atoms with E-state index < -0.39 is 5.97 Å². The molecule has 0 radical (unpaired) electrons. The van der Waals surface area contributed by atoms with Crippen LogP contribution in [0.3, 0.4) is 0 Å². The topological polar surface area (TPSA) is 105 Å². The van der Waals surface area contributed by atoms with Crippen molar-refractivity contribution in [1.82, 2.24) is 24.9 Å². The fourth-order valence-corrected chi connectivity index (χ4v) is 2.47. The first kappa shape index (κ1) is 17.4. The lowest BCUT2D eigenvalue weighted by Gasteiger charge is -2.04. The SMILES string of the molecule is COc1ccc(-c2noc(COC(=O)c3ccc(-n4cncn4)cc3)n2)cc1. The smallest absolute Gasteiger partial charge is 0.338 e. The maximum atomic E-state index is 12.2. The molecular weight excluding hydrogens is 362 g/mol. The highest BCUT2D eigenvalue weighted by molar-refractivity contribution is 5.89. The molecule has 0 atom stereocenters. The summed E-state index contributed by atoms with van der Waals surface area (Å²) in [7, 11) is 1.60. The van der Waals surface area contributed by atoms with Gasteiger partial charge in [-0.15, -0.1) is 0 Å². The van der Waals surface area contributed by atoms with Crippen molar-refractivity contribution < 1.29 is 18.8 Å². The second-order valence-corrected chi connectivity index (χ2v) is 5.70. The Hall–Kier alpha value is -4.01. The van der Waals surface area contributed by atoms with Crippen molar-refractivity contribution in [2.75, 3.05) is 7.11 Å². The first-order chi connectivity index (χ1) is 13.7. The van der Waals surface area contributed by atoms with E-state index in [1.54, 1.807) is 54.5 Å². The van der Waals surface area contributed by atoms with Gasteiger partial charge in [0.15, 0.2) is 6.61 Å². The molecule has 2 aromatic carbocycles. The minimum atomic E-state index is -0.491. The van der Waals surface area contributed by atoms with Gasteiger partial charge in [0.1, 0.15) is 18.4 Å². The van der Waals surface area contributed by atoms with Crippen LogP contribution in [0.15, 0.2) is 65.7 Å². The molecule has 0 saturated carbocycles. The summed E-state index contributed by atoms with van der Waals surface area (Å²) in [5.41, 5.74) is 1.96. The lowest BCUT2D eigenvalue weighted by atomic mass is 10.2. The van der Waals surface area contributed by atoms with Crippen LogP contribution in [0.4, 0.5) is 0 Å². The molecule has 28 heavy (non-hydrogen) atoms. The van der Waals surface area contributed by atoms with Gasteiger partial charge >= 0.3 is 5.97 Å².